The second-order valence-electron chi connectivity index (χ2n) is 3.85. The van der Waals surface area contributed by atoms with Gasteiger partial charge in [-0.1, -0.05) is 0 Å². The van der Waals surface area contributed by atoms with Crippen LogP contribution in [0.2, 0.25) is 0 Å². The number of hydrogen-bond donors (Lipinski definition) is 1. The largest absolute Gasteiger partial charge is 0.486 e. The molecule has 1 aromatic heterocycles. The summed E-state index contributed by atoms with van der Waals surface area (Å²) in [5, 5.41) is 8.88. The van der Waals surface area contributed by atoms with Crippen molar-refractivity contribution in [1.29, 1.82) is 0 Å². The molecule has 2 rings (SSSR count). The molecule has 19 heavy (non-hydrogen) atoms. The Morgan fingerprint density at radius 3 is 2.79 bits per heavy atom. The van der Waals surface area contributed by atoms with Crippen LogP contribution in [0.1, 0.15) is 21.9 Å². The van der Waals surface area contributed by atoms with Gasteiger partial charge in [-0.3, -0.25) is 0 Å². The zero-order valence-corrected chi connectivity index (χ0v) is 11.5. The highest BCUT2D eigenvalue weighted by Crippen LogP contribution is 2.23. The van der Waals surface area contributed by atoms with Crippen LogP contribution in [-0.2, 0) is 6.61 Å². The molecule has 0 saturated heterocycles. The van der Waals surface area contributed by atoms with Crippen molar-refractivity contribution in [1.82, 2.24) is 0 Å². The molecule has 0 unspecified atom stereocenters. The van der Waals surface area contributed by atoms with Gasteiger partial charge in [-0.2, -0.15) is 0 Å². The summed E-state index contributed by atoms with van der Waals surface area (Å²) in [4.78, 5) is 10.8. The molecule has 0 atom stereocenters. The Hall–Kier alpha value is -1.82. The lowest BCUT2D eigenvalue weighted by Gasteiger charge is -2.04. The minimum atomic E-state index is -1.04. The van der Waals surface area contributed by atoms with Crippen LogP contribution < -0.4 is 4.74 Å². The van der Waals surface area contributed by atoms with Gasteiger partial charge in [0.2, 0.25) is 0 Å². The number of carboxylic acids is 1. The molecule has 2 aromatic rings. The van der Waals surface area contributed by atoms with Crippen molar-refractivity contribution >= 4 is 21.9 Å². The van der Waals surface area contributed by atoms with Crippen LogP contribution >= 0.6 is 15.9 Å². The molecule has 100 valence electrons. The minimum Gasteiger partial charge on any atom is -0.486 e. The normalized spacial score (nSPS) is 10.5. The molecule has 0 aliphatic carbocycles. The average Bonchev–Trinajstić information content (AvgIpc) is 2.72. The molecule has 0 aliphatic rings. The van der Waals surface area contributed by atoms with Crippen LogP contribution in [0.15, 0.2) is 33.2 Å². The van der Waals surface area contributed by atoms with E-state index in [1.54, 1.807) is 6.92 Å². The SMILES string of the molecule is Cc1oc(COc2ccc(F)c(Br)c2)cc1C(=O)O. The second-order valence-corrected chi connectivity index (χ2v) is 4.71. The molecular formula is C13H10BrFO4. The lowest BCUT2D eigenvalue weighted by atomic mass is 10.2. The topological polar surface area (TPSA) is 59.7 Å². The van der Waals surface area contributed by atoms with Crippen LogP contribution in [0.25, 0.3) is 0 Å². The number of halogens is 2. The Balaban J connectivity index is 2.08. The lowest BCUT2D eigenvalue weighted by Crippen LogP contribution is -1.96. The highest BCUT2D eigenvalue weighted by Gasteiger charge is 2.14. The summed E-state index contributed by atoms with van der Waals surface area (Å²) in [6.45, 7) is 1.65. The van der Waals surface area contributed by atoms with Gasteiger partial charge in [-0.25, -0.2) is 9.18 Å². The van der Waals surface area contributed by atoms with E-state index in [1.807, 2.05) is 0 Å². The Morgan fingerprint density at radius 1 is 1.47 bits per heavy atom. The van der Waals surface area contributed by atoms with Crippen molar-refractivity contribution < 1.29 is 23.4 Å². The second kappa shape index (κ2) is 5.44. The fourth-order valence-corrected chi connectivity index (χ4v) is 1.91. The number of aromatic carboxylic acids is 1. The fourth-order valence-electron chi connectivity index (χ4n) is 1.55. The first kappa shape index (κ1) is 13.6. The van der Waals surface area contributed by atoms with Crippen molar-refractivity contribution in [3.63, 3.8) is 0 Å². The summed E-state index contributed by atoms with van der Waals surface area (Å²) in [6.07, 6.45) is 0. The van der Waals surface area contributed by atoms with E-state index in [4.69, 9.17) is 14.3 Å². The van der Waals surface area contributed by atoms with Gasteiger partial charge in [0, 0.05) is 0 Å². The van der Waals surface area contributed by atoms with E-state index >= 15 is 0 Å². The number of ether oxygens (including phenoxy) is 1. The standard InChI is InChI=1S/C13H10BrFO4/c1-7-10(13(16)17)4-9(19-7)6-18-8-2-3-12(15)11(14)5-8/h2-5H,6H2,1H3,(H,16,17). The molecule has 0 saturated carbocycles. The summed E-state index contributed by atoms with van der Waals surface area (Å²) in [5.41, 5.74) is 0.110. The van der Waals surface area contributed by atoms with Gasteiger partial charge in [-0.05, 0) is 47.1 Å². The van der Waals surface area contributed by atoms with E-state index in [1.165, 1.54) is 24.3 Å². The van der Waals surface area contributed by atoms with Crippen LogP contribution in [0.4, 0.5) is 4.39 Å². The first-order valence-corrected chi connectivity index (χ1v) is 6.17. The van der Waals surface area contributed by atoms with Crippen molar-refractivity contribution in [2.45, 2.75) is 13.5 Å². The van der Waals surface area contributed by atoms with Gasteiger partial charge < -0.3 is 14.3 Å². The highest BCUT2D eigenvalue weighted by molar-refractivity contribution is 9.10. The third-order valence-electron chi connectivity index (χ3n) is 2.47. The molecule has 6 heteroatoms. The Morgan fingerprint density at radius 2 is 2.21 bits per heavy atom. The Bertz CT molecular complexity index is 621. The first-order chi connectivity index (χ1) is 8.97. The maximum atomic E-state index is 13.0. The molecule has 0 fully saturated rings. The van der Waals surface area contributed by atoms with Crippen molar-refractivity contribution in [3.8, 4) is 5.75 Å². The summed E-state index contributed by atoms with van der Waals surface area (Å²) in [7, 11) is 0. The van der Waals surface area contributed by atoms with Crippen LogP contribution in [0, 0.1) is 12.7 Å². The number of carbonyl (C=O) groups is 1. The minimum absolute atomic E-state index is 0.0756. The number of carboxylic acid groups (broad SMARTS) is 1. The zero-order chi connectivity index (χ0) is 14.0. The molecule has 0 bridgehead atoms. The summed E-state index contributed by atoms with van der Waals surface area (Å²) in [5.74, 6) is -0.243. The lowest BCUT2D eigenvalue weighted by molar-refractivity contribution is 0.0695. The summed E-state index contributed by atoms with van der Waals surface area (Å²) >= 11 is 3.05. The van der Waals surface area contributed by atoms with E-state index in [2.05, 4.69) is 15.9 Å². The highest BCUT2D eigenvalue weighted by atomic mass is 79.9. The zero-order valence-electron chi connectivity index (χ0n) is 9.94. The van der Waals surface area contributed by atoms with Gasteiger partial charge in [0.25, 0.3) is 0 Å². The van der Waals surface area contributed by atoms with Crippen LogP contribution in [-0.4, -0.2) is 11.1 Å². The number of furan rings is 1. The summed E-state index contributed by atoms with van der Waals surface area (Å²) < 4.78 is 24.0. The first-order valence-electron chi connectivity index (χ1n) is 5.38. The molecule has 4 nitrogen and oxygen atoms in total. The number of aryl methyl sites for hydroxylation is 1. The predicted octanol–water partition coefficient (Wildman–Crippen LogP) is 3.77. The average molecular weight is 329 g/mol. The third kappa shape index (κ3) is 3.14. The monoisotopic (exact) mass is 328 g/mol. The van der Waals surface area contributed by atoms with E-state index in [-0.39, 0.29) is 18.0 Å². The van der Waals surface area contributed by atoms with Crippen LogP contribution in [0.3, 0.4) is 0 Å². The molecule has 0 aliphatic heterocycles. The Kier molecular flexibility index (Phi) is 3.90. The quantitative estimate of drug-likeness (QED) is 0.928. The van der Waals surface area contributed by atoms with Crippen LogP contribution in [0.5, 0.6) is 5.75 Å². The van der Waals surface area contributed by atoms with Gasteiger partial charge in [0.05, 0.1) is 4.47 Å². The van der Waals surface area contributed by atoms with Gasteiger partial charge in [0.1, 0.15) is 35.3 Å². The summed E-state index contributed by atoms with van der Waals surface area (Å²) in [6, 6.07) is 5.66. The van der Waals surface area contributed by atoms with Crippen molar-refractivity contribution in [2.24, 2.45) is 0 Å². The van der Waals surface area contributed by atoms with Gasteiger partial charge in [0.15, 0.2) is 0 Å². The van der Waals surface area contributed by atoms with E-state index in [9.17, 15) is 9.18 Å². The number of hydrogen-bond acceptors (Lipinski definition) is 3. The smallest absolute Gasteiger partial charge is 0.339 e. The molecule has 1 N–H and O–H groups in total. The van der Waals surface area contributed by atoms with Gasteiger partial charge >= 0.3 is 5.97 Å². The van der Waals surface area contributed by atoms with Crippen molar-refractivity contribution in [3.05, 3.63) is 51.6 Å². The number of rotatable bonds is 4. The van der Waals surface area contributed by atoms with E-state index in [0.29, 0.717) is 21.7 Å². The number of benzene rings is 1. The van der Waals surface area contributed by atoms with E-state index < -0.39 is 5.97 Å². The maximum Gasteiger partial charge on any atom is 0.339 e. The van der Waals surface area contributed by atoms with Crippen molar-refractivity contribution in [2.75, 3.05) is 0 Å². The molecule has 1 aromatic carbocycles. The molecule has 0 amide bonds. The maximum absolute atomic E-state index is 13.0. The fraction of sp³-hybridized carbons (Fsp3) is 0.154. The predicted molar refractivity (Wildman–Crippen MR) is 68.8 cm³/mol. The molecule has 1 heterocycles. The third-order valence-corrected chi connectivity index (χ3v) is 3.08. The molecule has 0 spiro atoms. The van der Waals surface area contributed by atoms with Gasteiger partial charge in [-0.15, -0.1) is 0 Å². The van der Waals surface area contributed by atoms with E-state index in [0.717, 1.165) is 0 Å². The molecular weight excluding hydrogens is 319 g/mol. The Labute approximate surface area is 116 Å². The molecule has 0 radical (unpaired) electrons.